The second-order valence-electron chi connectivity index (χ2n) is 1.45. The van der Waals surface area contributed by atoms with Crippen LogP contribution in [-0.2, 0) is 9.84 Å². The topological polar surface area (TPSA) is 29.1 Å². The van der Waals surface area contributed by atoms with Gasteiger partial charge in [-0.15, -0.1) is 0 Å². The van der Waals surface area contributed by atoms with Gasteiger partial charge in [-0.05, 0) is 6.42 Å². The summed E-state index contributed by atoms with van der Waals surface area (Å²) in [5, 5.41) is 9.79. The van der Waals surface area contributed by atoms with Crippen LogP contribution in [0, 0.1) is 0 Å². The molecule has 1 radical (unpaired) electrons. The summed E-state index contributed by atoms with van der Waals surface area (Å²) in [5.74, 6) is 0. The van der Waals surface area contributed by atoms with Crippen LogP contribution in [0.2, 0.25) is 0 Å². The molecule has 1 heterocycles. The average Bonchev–Trinajstić information content (AvgIpc) is 1.31. The van der Waals surface area contributed by atoms with Crippen molar-refractivity contribution in [1.82, 2.24) is 0 Å². The molecule has 0 aromatic rings. The van der Waals surface area contributed by atoms with Gasteiger partial charge >= 0.3 is 0 Å². The van der Waals surface area contributed by atoms with Crippen molar-refractivity contribution in [2.75, 3.05) is 13.2 Å². The molecule has 1 saturated heterocycles. The Balaban J connectivity index is 2.01. The normalized spacial score (nSPS) is 32.5. The zero-order valence-corrected chi connectivity index (χ0v) is 3.52. The molecule has 1 rings (SSSR count). The fourth-order valence-corrected chi connectivity index (χ4v) is 0.416. The van der Waals surface area contributed by atoms with Crippen molar-refractivity contribution in [3.63, 3.8) is 0 Å². The highest BCUT2D eigenvalue weighted by molar-refractivity contribution is 4.62. The zero-order valence-electron chi connectivity index (χ0n) is 3.52. The minimum atomic E-state index is -0.0556. The first kappa shape index (κ1) is 4.09. The fourth-order valence-electron chi connectivity index (χ4n) is 0.416. The van der Waals surface area contributed by atoms with E-state index in [0.29, 0.717) is 0 Å². The van der Waals surface area contributed by atoms with Gasteiger partial charge in [0.2, 0.25) is 0 Å². The molecule has 0 bridgehead atoms. The SMILES string of the molecule is [O]CC1CCO1. The third-order valence-electron chi connectivity index (χ3n) is 0.979. The van der Waals surface area contributed by atoms with Gasteiger partial charge in [0.15, 0.2) is 0 Å². The van der Waals surface area contributed by atoms with Crippen molar-refractivity contribution < 1.29 is 9.84 Å². The molecule has 0 amide bonds. The van der Waals surface area contributed by atoms with Crippen LogP contribution in [0.5, 0.6) is 0 Å². The van der Waals surface area contributed by atoms with Gasteiger partial charge in [0, 0.05) is 6.61 Å². The van der Waals surface area contributed by atoms with E-state index in [0.717, 1.165) is 13.0 Å². The summed E-state index contributed by atoms with van der Waals surface area (Å²) >= 11 is 0. The zero-order chi connectivity index (χ0) is 4.41. The van der Waals surface area contributed by atoms with Crippen LogP contribution in [-0.4, -0.2) is 19.3 Å². The number of rotatable bonds is 1. The van der Waals surface area contributed by atoms with Crippen molar-refractivity contribution in [2.24, 2.45) is 0 Å². The monoisotopic (exact) mass is 87.0 g/mol. The van der Waals surface area contributed by atoms with E-state index >= 15 is 0 Å². The summed E-state index contributed by atoms with van der Waals surface area (Å²) < 4.78 is 4.77. The third-order valence-corrected chi connectivity index (χ3v) is 0.979. The highest BCUT2D eigenvalue weighted by Gasteiger charge is 2.16. The van der Waals surface area contributed by atoms with Crippen LogP contribution in [0.4, 0.5) is 0 Å². The van der Waals surface area contributed by atoms with Gasteiger partial charge in [-0.1, -0.05) is 0 Å². The molecule has 0 N–H and O–H groups in total. The van der Waals surface area contributed by atoms with Crippen molar-refractivity contribution in [3.05, 3.63) is 0 Å². The molecule has 1 aliphatic heterocycles. The third kappa shape index (κ3) is 0.533. The van der Waals surface area contributed by atoms with E-state index in [1.165, 1.54) is 0 Å². The molecule has 0 aromatic carbocycles. The second-order valence-corrected chi connectivity index (χ2v) is 1.45. The summed E-state index contributed by atoms with van der Waals surface area (Å²) in [6.45, 7) is 0.743. The lowest BCUT2D eigenvalue weighted by molar-refractivity contribution is -0.0911. The first-order chi connectivity index (χ1) is 2.93. The Kier molecular flexibility index (Phi) is 1.08. The highest BCUT2D eigenvalue weighted by atomic mass is 16.5. The first-order valence-corrected chi connectivity index (χ1v) is 2.13. The molecular weight excluding hydrogens is 80.0 g/mol. The minimum absolute atomic E-state index is 0.0556. The molecule has 0 saturated carbocycles. The molecule has 2 heteroatoms. The van der Waals surface area contributed by atoms with Gasteiger partial charge in [-0.2, -0.15) is 0 Å². The predicted molar refractivity (Wildman–Crippen MR) is 19.9 cm³/mol. The molecular formula is C4H7O2. The van der Waals surface area contributed by atoms with Crippen molar-refractivity contribution >= 4 is 0 Å². The van der Waals surface area contributed by atoms with Crippen LogP contribution in [0.3, 0.4) is 0 Å². The van der Waals surface area contributed by atoms with Crippen LogP contribution < -0.4 is 0 Å². The van der Waals surface area contributed by atoms with Crippen molar-refractivity contribution in [1.29, 1.82) is 0 Å². The Morgan fingerprint density at radius 2 is 2.50 bits per heavy atom. The van der Waals surface area contributed by atoms with E-state index in [2.05, 4.69) is 0 Å². The van der Waals surface area contributed by atoms with E-state index in [4.69, 9.17) is 4.74 Å². The molecule has 1 aliphatic rings. The van der Waals surface area contributed by atoms with Crippen LogP contribution >= 0.6 is 0 Å². The Labute approximate surface area is 36.7 Å². The predicted octanol–water partition coefficient (Wildman–Crippen LogP) is 0.206. The van der Waals surface area contributed by atoms with Gasteiger partial charge in [-0.25, -0.2) is 5.11 Å². The summed E-state index contributed by atoms with van der Waals surface area (Å²) in [4.78, 5) is 0. The largest absolute Gasteiger partial charge is 0.376 e. The van der Waals surface area contributed by atoms with Crippen molar-refractivity contribution in [3.8, 4) is 0 Å². The quantitative estimate of drug-likeness (QED) is 0.449. The first-order valence-electron chi connectivity index (χ1n) is 2.13. The van der Waals surface area contributed by atoms with Crippen LogP contribution in [0.1, 0.15) is 6.42 Å². The van der Waals surface area contributed by atoms with E-state index in [1.54, 1.807) is 0 Å². The van der Waals surface area contributed by atoms with E-state index < -0.39 is 0 Å². The standard InChI is InChI=1S/C4H7O2/c5-3-4-1-2-6-4/h4H,1-3H2. The van der Waals surface area contributed by atoms with E-state index in [-0.39, 0.29) is 12.7 Å². The Morgan fingerprint density at radius 1 is 1.83 bits per heavy atom. The maximum absolute atomic E-state index is 9.79. The summed E-state index contributed by atoms with van der Waals surface area (Å²) in [7, 11) is 0. The Hall–Kier alpha value is -0.0800. The molecule has 2 nitrogen and oxygen atoms in total. The fraction of sp³-hybridized carbons (Fsp3) is 1.00. The maximum atomic E-state index is 9.79. The maximum Gasteiger partial charge on any atom is 0.108 e. The average molecular weight is 87.1 g/mol. The lowest BCUT2D eigenvalue weighted by Crippen LogP contribution is -2.29. The molecule has 1 atom stereocenters. The molecule has 35 valence electrons. The van der Waals surface area contributed by atoms with Gasteiger partial charge in [0.25, 0.3) is 0 Å². The number of hydrogen-bond donors (Lipinski definition) is 0. The lowest BCUT2D eigenvalue weighted by Gasteiger charge is -2.22. The molecule has 0 aromatic heterocycles. The number of ether oxygens (including phenoxy) is 1. The Morgan fingerprint density at radius 3 is 2.50 bits per heavy atom. The van der Waals surface area contributed by atoms with Crippen LogP contribution in [0.15, 0.2) is 0 Å². The van der Waals surface area contributed by atoms with E-state index in [9.17, 15) is 5.11 Å². The summed E-state index contributed by atoms with van der Waals surface area (Å²) in [6, 6.07) is 0. The van der Waals surface area contributed by atoms with Gasteiger partial charge in [0.1, 0.15) is 6.61 Å². The summed E-state index contributed by atoms with van der Waals surface area (Å²) in [6.07, 6.45) is 1.04. The smallest absolute Gasteiger partial charge is 0.108 e. The molecule has 1 fully saturated rings. The molecule has 1 unspecified atom stereocenters. The lowest BCUT2D eigenvalue weighted by atomic mass is 10.2. The molecule has 0 aliphatic carbocycles. The van der Waals surface area contributed by atoms with Gasteiger partial charge in [-0.3, -0.25) is 0 Å². The number of hydrogen-bond acceptors (Lipinski definition) is 1. The van der Waals surface area contributed by atoms with E-state index in [1.807, 2.05) is 0 Å². The van der Waals surface area contributed by atoms with Crippen LogP contribution in [0.25, 0.3) is 0 Å². The minimum Gasteiger partial charge on any atom is -0.376 e. The van der Waals surface area contributed by atoms with Gasteiger partial charge in [0.05, 0.1) is 6.10 Å². The summed E-state index contributed by atoms with van der Waals surface area (Å²) in [5.41, 5.74) is 0. The second kappa shape index (κ2) is 1.58. The van der Waals surface area contributed by atoms with Gasteiger partial charge < -0.3 is 4.74 Å². The molecule has 6 heavy (non-hydrogen) atoms. The Bertz CT molecular complexity index is 38.1. The molecule has 0 spiro atoms. The van der Waals surface area contributed by atoms with Crippen molar-refractivity contribution in [2.45, 2.75) is 12.5 Å². The highest BCUT2D eigenvalue weighted by Crippen LogP contribution is 2.08.